The Labute approximate surface area is 153 Å². The highest BCUT2D eigenvalue weighted by Crippen LogP contribution is 2.33. The Morgan fingerprint density at radius 3 is 2.72 bits per heavy atom. The minimum absolute atomic E-state index is 0.0700. The van der Waals surface area contributed by atoms with Crippen LogP contribution in [0.1, 0.15) is 6.42 Å². The van der Waals surface area contributed by atoms with Gasteiger partial charge in [0.15, 0.2) is 0 Å². The number of carbonyl (C=O) groups is 2. The number of halogens is 2. The number of carbonyl (C=O) groups excluding carboxylic acids is 2. The second-order valence-electron chi connectivity index (χ2n) is 5.84. The molecule has 0 spiro atoms. The number of aromatic nitrogens is 1. The van der Waals surface area contributed by atoms with Gasteiger partial charge in [-0.05, 0) is 41.8 Å². The molecule has 1 aromatic heterocycles. The minimum Gasteiger partial charge on any atom is -0.373 e. The summed E-state index contributed by atoms with van der Waals surface area (Å²) in [5.41, 5.74) is 2.08. The molecule has 0 radical (unpaired) electrons. The van der Waals surface area contributed by atoms with E-state index in [9.17, 15) is 9.59 Å². The van der Waals surface area contributed by atoms with Crippen LogP contribution in [0.3, 0.4) is 0 Å². The third kappa shape index (κ3) is 2.86. The molecule has 126 valence electrons. The number of amides is 2. The Balaban J connectivity index is 1.60. The summed E-state index contributed by atoms with van der Waals surface area (Å²) in [6.45, 7) is 0. The van der Waals surface area contributed by atoms with Gasteiger partial charge in [-0.25, -0.2) is 4.90 Å². The third-order valence-corrected chi connectivity index (χ3v) is 4.73. The molecule has 3 aromatic rings. The summed E-state index contributed by atoms with van der Waals surface area (Å²) in [6, 6.07) is 11.8. The van der Waals surface area contributed by atoms with Crippen LogP contribution in [0.2, 0.25) is 10.0 Å². The van der Waals surface area contributed by atoms with Crippen LogP contribution < -0.4 is 10.2 Å². The van der Waals surface area contributed by atoms with Crippen LogP contribution in [0.4, 0.5) is 11.4 Å². The van der Waals surface area contributed by atoms with Crippen molar-refractivity contribution in [2.45, 2.75) is 12.5 Å². The molecule has 0 aliphatic carbocycles. The van der Waals surface area contributed by atoms with E-state index in [1.807, 2.05) is 30.5 Å². The molecular weight excluding hydrogens is 361 g/mol. The highest BCUT2D eigenvalue weighted by Gasteiger charge is 2.40. The summed E-state index contributed by atoms with van der Waals surface area (Å²) in [6.07, 6.45) is 1.92. The zero-order chi connectivity index (χ0) is 17.6. The van der Waals surface area contributed by atoms with Crippen molar-refractivity contribution in [3.05, 3.63) is 58.7 Å². The molecule has 1 aliphatic rings. The fourth-order valence-electron chi connectivity index (χ4n) is 3.00. The topological polar surface area (TPSA) is 65.2 Å². The normalized spacial score (nSPS) is 17.5. The number of imide groups is 1. The molecule has 0 bridgehead atoms. The van der Waals surface area contributed by atoms with Gasteiger partial charge in [0.2, 0.25) is 5.91 Å². The van der Waals surface area contributed by atoms with Gasteiger partial charge in [-0.1, -0.05) is 29.3 Å². The first-order valence-corrected chi connectivity index (χ1v) is 8.44. The molecule has 1 saturated heterocycles. The molecule has 2 N–H and O–H groups in total. The van der Waals surface area contributed by atoms with Crippen molar-refractivity contribution in [1.29, 1.82) is 0 Å². The predicted octanol–water partition coefficient (Wildman–Crippen LogP) is 4.22. The molecule has 4 rings (SSSR count). The average Bonchev–Trinajstić information content (AvgIpc) is 3.13. The molecule has 1 fully saturated rings. The minimum atomic E-state index is -0.633. The number of fused-ring (bicyclic) bond motifs is 1. The molecule has 2 aromatic carbocycles. The zero-order valence-corrected chi connectivity index (χ0v) is 14.4. The maximum Gasteiger partial charge on any atom is 0.256 e. The van der Waals surface area contributed by atoms with E-state index >= 15 is 0 Å². The molecule has 25 heavy (non-hydrogen) atoms. The van der Waals surface area contributed by atoms with Crippen LogP contribution in [0.5, 0.6) is 0 Å². The number of H-pyrrole nitrogens is 1. The first-order valence-electron chi connectivity index (χ1n) is 7.68. The Hall–Kier alpha value is -2.50. The van der Waals surface area contributed by atoms with Gasteiger partial charge in [0, 0.05) is 22.4 Å². The van der Waals surface area contributed by atoms with E-state index in [0.29, 0.717) is 10.7 Å². The van der Waals surface area contributed by atoms with Gasteiger partial charge in [-0.15, -0.1) is 0 Å². The lowest BCUT2D eigenvalue weighted by atomic mass is 10.2. The lowest BCUT2D eigenvalue weighted by molar-refractivity contribution is -0.121. The fraction of sp³-hybridized carbons (Fsp3) is 0.111. The lowest BCUT2D eigenvalue weighted by Gasteiger charge is -2.17. The molecule has 1 unspecified atom stereocenters. The Kier molecular flexibility index (Phi) is 3.90. The number of hydrogen-bond donors (Lipinski definition) is 2. The van der Waals surface area contributed by atoms with Crippen molar-refractivity contribution >= 4 is 57.3 Å². The van der Waals surface area contributed by atoms with Crippen LogP contribution >= 0.6 is 23.2 Å². The van der Waals surface area contributed by atoms with Gasteiger partial charge in [-0.3, -0.25) is 9.59 Å². The molecule has 1 atom stereocenters. The van der Waals surface area contributed by atoms with Crippen LogP contribution in [0.25, 0.3) is 10.9 Å². The lowest BCUT2D eigenvalue weighted by Crippen LogP contribution is -2.35. The van der Waals surface area contributed by atoms with Crippen LogP contribution in [0, 0.1) is 0 Å². The standard InChI is InChI=1S/C18H13Cl2N3O2/c19-11-2-4-16(13(20)7-11)23-17(24)9-15(18(23)25)22-12-3-1-10-5-6-21-14(10)8-12/h1-8,15,21-22H,9H2. The van der Waals surface area contributed by atoms with E-state index in [1.165, 1.54) is 6.07 Å². The van der Waals surface area contributed by atoms with Gasteiger partial charge in [0.25, 0.3) is 5.91 Å². The molecule has 1 aliphatic heterocycles. The molecule has 0 saturated carbocycles. The van der Waals surface area contributed by atoms with E-state index in [4.69, 9.17) is 23.2 Å². The van der Waals surface area contributed by atoms with Gasteiger partial charge in [-0.2, -0.15) is 0 Å². The van der Waals surface area contributed by atoms with Crippen LogP contribution in [-0.2, 0) is 9.59 Å². The second-order valence-corrected chi connectivity index (χ2v) is 6.69. The monoisotopic (exact) mass is 373 g/mol. The first-order chi connectivity index (χ1) is 12.0. The molecule has 2 heterocycles. The van der Waals surface area contributed by atoms with Crippen LogP contribution in [0.15, 0.2) is 48.7 Å². The van der Waals surface area contributed by atoms with E-state index in [-0.39, 0.29) is 23.3 Å². The summed E-state index contributed by atoms with van der Waals surface area (Å²) < 4.78 is 0. The van der Waals surface area contributed by atoms with Crippen LogP contribution in [-0.4, -0.2) is 22.8 Å². The van der Waals surface area contributed by atoms with Crippen molar-refractivity contribution in [3.63, 3.8) is 0 Å². The van der Waals surface area contributed by atoms with Crippen molar-refractivity contribution in [1.82, 2.24) is 4.98 Å². The summed E-state index contributed by atoms with van der Waals surface area (Å²) in [7, 11) is 0. The average molecular weight is 374 g/mol. The quantitative estimate of drug-likeness (QED) is 0.675. The first kappa shape index (κ1) is 16.0. The number of benzene rings is 2. The highest BCUT2D eigenvalue weighted by atomic mass is 35.5. The highest BCUT2D eigenvalue weighted by molar-refractivity contribution is 6.38. The number of aromatic amines is 1. The Bertz CT molecular complexity index is 999. The SMILES string of the molecule is O=C1CC(Nc2ccc3cc[nH]c3c2)C(=O)N1c1ccc(Cl)cc1Cl. The van der Waals surface area contributed by atoms with E-state index < -0.39 is 6.04 Å². The number of nitrogens with zero attached hydrogens (tertiary/aromatic N) is 1. The van der Waals surface area contributed by atoms with Gasteiger partial charge < -0.3 is 10.3 Å². The van der Waals surface area contributed by atoms with Crippen molar-refractivity contribution in [3.8, 4) is 0 Å². The van der Waals surface area contributed by atoms with Crippen molar-refractivity contribution in [2.75, 3.05) is 10.2 Å². The predicted molar refractivity (Wildman–Crippen MR) is 99.3 cm³/mol. The van der Waals surface area contributed by atoms with Gasteiger partial charge in [0.1, 0.15) is 6.04 Å². The summed E-state index contributed by atoms with van der Waals surface area (Å²) in [4.78, 5) is 29.3. The maximum atomic E-state index is 12.7. The Morgan fingerprint density at radius 1 is 1.08 bits per heavy atom. The molecule has 5 nitrogen and oxygen atoms in total. The van der Waals surface area contributed by atoms with Crippen molar-refractivity contribution < 1.29 is 9.59 Å². The zero-order valence-electron chi connectivity index (χ0n) is 12.9. The van der Waals surface area contributed by atoms with E-state index in [2.05, 4.69) is 10.3 Å². The second kappa shape index (κ2) is 6.10. The maximum absolute atomic E-state index is 12.7. The Morgan fingerprint density at radius 2 is 1.92 bits per heavy atom. The molecular formula is C18H13Cl2N3O2. The molecule has 2 amide bonds. The smallest absolute Gasteiger partial charge is 0.256 e. The summed E-state index contributed by atoms with van der Waals surface area (Å²) >= 11 is 12.0. The number of nitrogens with one attached hydrogen (secondary N) is 2. The molecule has 7 heteroatoms. The number of anilines is 2. The van der Waals surface area contributed by atoms with E-state index in [1.54, 1.807) is 12.1 Å². The fourth-order valence-corrected chi connectivity index (χ4v) is 3.49. The summed E-state index contributed by atoms with van der Waals surface area (Å²) in [5, 5.41) is 4.92. The third-order valence-electron chi connectivity index (χ3n) is 4.19. The largest absolute Gasteiger partial charge is 0.373 e. The summed E-state index contributed by atoms with van der Waals surface area (Å²) in [5.74, 6) is -0.631. The number of rotatable bonds is 3. The van der Waals surface area contributed by atoms with Gasteiger partial charge in [0.05, 0.1) is 17.1 Å². The van der Waals surface area contributed by atoms with Gasteiger partial charge >= 0.3 is 0 Å². The number of hydrogen-bond acceptors (Lipinski definition) is 3. The van der Waals surface area contributed by atoms with Crippen molar-refractivity contribution in [2.24, 2.45) is 0 Å². The van der Waals surface area contributed by atoms with E-state index in [0.717, 1.165) is 21.5 Å².